The second kappa shape index (κ2) is 6.32. The third kappa shape index (κ3) is 2.98. The van der Waals surface area contributed by atoms with Crippen LogP contribution in [0.25, 0.3) is 11.0 Å². The number of fused-ring (bicyclic) bond motifs is 1. The minimum absolute atomic E-state index is 0.0827. The Hall–Kier alpha value is -1.88. The largest absolute Gasteiger partial charge is 0.372 e. The summed E-state index contributed by atoms with van der Waals surface area (Å²) in [6.07, 6.45) is 8.62. The van der Waals surface area contributed by atoms with Crippen molar-refractivity contribution in [2.24, 2.45) is 0 Å². The minimum atomic E-state index is 0.0827. The summed E-state index contributed by atoms with van der Waals surface area (Å²) in [6.45, 7) is 1.13. The lowest BCUT2D eigenvalue weighted by molar-refractivity contribution is -0.122. The van der Waals surface area contributed by atoms with Crippen LogP contribution in [0.1, 0.15) is 50.3 Å². The number of carbonyl (C=O) groups is 1. The molecule has 23 heavy (non-hydrogen) atoms. The molecule has 2 aliphatic rings. The van der Waals surface area contributed by atoms with Crippen LogP contribution in [0.4, 0.5) is 0 Å². The highest BCUT2D eigenvalue weighted by Crippen LogP contribution is 2.32. The Morgan fingerprint density at radius 3 is 2.96 bits per heavy atom. The lowest BCUT2D eigenvalue weighted by Crippen LogP contribution is -2.35. The molecule has 0 aromatic carbocycles. The van der Waals surface area contributed by atoms with Gasteiger partial charge in [0.1, 0.15) is 12.2 Å². The number of nitrogens with zero attached hydrogens (tertiary/aromatic N) is 2. The van der Waals surface area contributed by atoms with Gasteiger partial charge in [0, 0.05) is 29.9 Å². The fourth-order valence-corrected chi connectivity index (χ4v) is 3.84. The molecule has 1 amide bonds. The van der Waals surface area contributed by atoms with Gasteiger partial charge in [-0.15, -0.1) is 0 Å². The molecule has 1 N–H and O–H groups in total. The first-order valence-electron chi connectivity index (χ1n) is 8.66. The molecule has 5 nitrogen and oxygen atoms in total. The molecule has 2 fully saturated rings. The third-order valence-corrected chi connectivity index (χ3v) is 4.97. The van der Waals surface area contributed by atoms with E-state index in [1.54, 1.807) is 6.20 Å². The summed E-state index contributed by atoms with van der Waals surface area (Å²) >= 11 is 0. The van der Waals surface area contributed by atoms with E-state index in [2.05, 4.69) is 16.4 Å². The summed E-state index contributed by atoms with van der Waals surface area (Å²) in [5, 5.41) is 4.25. The lowest BCUT2D eigenvalue weighted by Gasteiger charge is -2.16. The fraction of sp³-hybridized carbons (Fsp3) is 0.556. The van der Waals surface area contributed by atoms with Crippen molar-refractivity contribution in [3.63, 3.8) is 0 Å². The second-order valence-corrected chi connectivity index (χ2v) is 6.62. The van der Waals surface area contributed by atoms with Gasteiger partial charge >= 0.3 is 0 Å². The zero-order chi connectivity index (χ0) is 15.6. The molecule has 1 aliphatic heterocycles. The summed E-state index contributed by atoms with van der Waals surface area (Å²) in [4.78, 5) is 17.0. The topological polar surface area (TPSA) is 56.2 Å². The predicted molar refractivity (Wildman–Crippen MR) is 88.1 cm³/mol. The summed E-state index contributed by atoms with van der Waals surface area (Å²) in [7, 11) is 0. The maximum atomic E-state index is 12.5. The number of hydrogen-bond acceptors (Lipinski definition) is 3. The number of pyridine rings is 1. The number of ether oxygens (including phenoxy) is 1. The molecule has 0 radical (unpaired) electrons. The molecule has 0 unspecified atom stereocenters. The van der Waals surface area contributed by atoms with Crippen LogP contribution in [0.3, 0.4) is 0 Å². The number of nitrogens with one attached hydrogen (secondary N) is 1. The highest BCUT2D eigenvalue weighted by molar-refractivity contribution is 5.82. The van der Waals surface area contributed by atoms with Crippen LogP contribution < -0.4 is 5.32 Å². The van der Waals surface area contributed by atoms with Gasteiger partial charge in [0.2, 0.25) is 5.91 Å². The summed E-state index contributed by atoms with van der Waals surface area (Å²) in [5.74, 6) is 0.0827. The van der Waals surface area contributed by atoms with Gasteiger partial charge in [-0.2, -0.15) is 0 Å². The molecule has 1 saturated heterocycles. The first-order chi connectivity index (χ1) is 11.3. The average molecular weight is 313 g/mol. The van der Waals surface area contributed by atoms with Gasteiger partial charge in [0.05, 0.1) is 6.10 Å². The van der Waals surface area contributed by atoms with Gasteiger partial charge < -0.3 is 14.6 Å². The van der Waals surface area contributed by atoms with Crippen LogP contribution in [0.2, 0.25) is 0 Å². The van der Waals surface area contributed by atoms with E-state index in [1.165, 1.54) is 12.8 Å². The highest BCUT2D eigenvalue weighted by atomic mass is 16.5. The lowest BCUT2D eigenvalue weighted by atomic mass is 10.2. The monoisotopic (exact) mass is 313 g/mol. The van der Waals surface area contributed by atoms with Gasteiger partial charge in [-0.25, -0.2) is 4.98 Å². The van der Waals surface area contributed by atoms with Crippen LogP contribution in [0.5, 0.6) is 0 Å². The Balaban J connectivity index is 1.61. The number of amides is 1. The number of aromatic nitrogens is 2. The van der Waals surface area contributed by atoms with E-state index in [0.717, 1.165) is 49.0 Å². The van der Waals surface area contributed by atoms with Crippen LogP contribution in [-0.2, 0) is 16.1 Å². The SMILES string of the molecule is O=C(Cn1c([C@H]2CCCO2)cc2cccnc21)NC1CCCC1. The number of hydrogen-bond donors (Lipinski definition) is 1. The van der Waals surface area contributed by atoms with Crippen molar-refractivity contribution in [2.75, 3.05) is 6.61 Å². The molecule has 122 valence electrons. The molecular weight excluding hydrogens is 290 g/mol. The standard InChI is InChI=1S/C18H23N3O2/c22-17(20-14-6-1-2-7-14)12-21-15(16-8-4-10-23-16)11-13-5-3-9-19-18(13)21/h3,5,9,11,14,16H,1-2,4,6-8,10,12H2,(H,20,22)/t16-/m1/s1. The Labute approximate surface area is 136 Å². The molecule has 1 atom stereocenters. The smallest absolute Gasteiger partial charge is 0.240 e. The van der Waals surface area contributed by atoms with Crippen LogP contribution in [0.15, 0.2) is 24.4 Å². The van der Waals surface area contributed by atoms with E-state index in [9.17, 15) is 4.79 Å². The molecule has 0 bridgehead atoms. The molecule has 3 heterocycles. The number of rotatable bonds is 4. The predicted octanol–water partition coefficient (Wildman–Crippen LogP) is 2.95. The Morgan fingerprint density at radius 2 is 2.17 bits per heavy atom. The van der Waals surface area contributed by atoms with Gasteiger partial charge in [-0.1, -0.05) is 12.8 Å². The Kier molecular flexibility index (Phi) is 4.04. The zero-order valence-corrected chi connectivity index (χ0v) is 13.3. The van der Waals surface area contributed by atoms with Gasteiger partial charge in [-0.05, 0) is 43.9 Å². The van der Waals surface area contributed by atoms with E-state index in [0.29, 0.717) is 12.6 Å². The molecule has 1 saturated carbocycles. The van der Waals surface area contributed by atoms with E-state index in [4.69, 9.17) is 4.74 Å². The Bertz CT molecular complexity index is 697. The molecule has 1 aliphatic carbocycles. The van der Waals surface area contributed by atoms with Crippen molar-refractivity contribution in [2.45, 2.75) is 57.2 Å². The summed E-state index contributed by atoms with van der Waals surface area (Å²) in [5.41, 5.74) is 1.96. The summed E-state index contributed by atoms with van der Waals surface area (Å²) < 4.78 is 7.88. The van der Waals surface area contributed by atoms with Crippen LogP contribution >= 0.6 is 0 Å². The highest BCUT2D eigenvalue weighted by Gasteiger charge is 2.25. The van der Waals surface area contributed by atoms with Crippen molar-refractivity contribution in [3.05, 3.63) is 30.1 Å². The van der Waals surface area contributed by atoms with Crippen molar-refractivity contribution in [3.8, 4) is 0 Å². The van der Waals surface area contributed by atoms with Gasteiger partial charge in [0.15, 0.2) is 0 Å². The molecule has 5 heteroatoms. The first kappa shape index (κ1) is 14.7. The van der Waals surface area contributed by atoms with E-state index in [-0.39, 0.29) is 12.0 Å². The van der Waals surface area contributed by atoms with E-state index in [1.807, 2.05) is 16.7 Å². The quantitative estimate of drug-likeness (QED) is 0.944. The van der Waals surface area contributed by atoms with Crippen molar-refractivity contribution in [1.82, 2.24) is 14.9 Å². The average Bonchev–Trinajstić information content (AvgIpc) is 3.28. The molecule has 4 rings (SSSR count). The van der Waals surface area contributed by atoms with Crippen molar-refractivity contribution < 1.29 is 9.53 Å². The van der Waals surface area contributed by atoms with Gasteiger partial charge in [-0.3, -0.25) is 4.79 Å². The van der Waals surface area contributed by atoms with Gasteiger partial charge in [0.25, 0.3) is 0 Å². The molecule has 0 spiro atoms. The first-order valence-corrected chi connectivity index (χ1v) is 8.66. The fourth-order valence-electron chi connectivity index (χ4n) is 3.84. The number of carbonyl (C=O) groups excluding carboxylic acids is 1. The normalized spacial score (nSPS) is 22.0. The maximum Gasteiger partial charge on any atom is 0.240 e. The summed E-state index contributed by atoms with van der Waals surface area (Å²) in [6, 6.07) is 6.46. The molecule has 2 aromatic rings. The van der Waals surface area contributed by atoms with Crippen molar-refractivity contribution >= 4 is 16.9 Å². The molecular formula is C18H23N3O2. The van der Waals surface area contributed by atoms with E-state index >= 15 is 0 Å². The minimum Gasteiger partial charge on any atom is -0.372 e. The maximum absolute atomic E-state index is 12.5. The second-order valence-electron chi connectivity index (χ2n) is 6.62. The third-order valence-electron chi connectivity index (χ3n) is 4.97. The van der Waals surface area contributed by atoms with Crippen LogP contribution in [0, 0.1) is 0 Å². The van der Waals surface area contributed by atoms with Crippen LogP contribution in [-0.4, -0.2) is 28.1 Å². The zero-order valence-electron chi connectivity index (χ0n) is 13.3. The van der Waals surface area contributed by atoms with E-state index < -0.39 is 0 Å². The Morgan fingerprint density at radius 1 is 1.30 bits per heavy atom. The van der Waals surface area contributed by atoms with Crippen molar-refractivity contribution in [1.29, 1.82) is 0 Å². The molecule has 2 aromatic heterocycles.